The van der Waals surface area contributed by atoms with Crippen LogP contribution in [0.5, 0.6) is 0 Å². The summed E-state index contributed by atoms with van der Waals surface area (Å²) >= 11 is 0. The second-order valence-electron chi connectivity index (χ2n) is 4.44. The maximum Gasteiger partial charge on any atom is 0.326 e. The molecule has 1 aliphatic rings. The first-order chi connectivity index (χ1) is 9.47. The van der Waals surface area contributed by atoms with Gasteiger partial charge in [-0.1, -0.05) is 6.07 Å². The van der Waals surface area contributed by atoms with E-state index in [4.69, 9.17) is 14.9 Å². The lowest BCUT2D eigenvalue weighted by atomic mass is 10.1. The Labute approximate surface area is 114 Å². The average Bonchev–Trinajstić information content (AvgIpc) is 2.84. The van der Waals surface area contributed by atoms with Gasteiger partial charge in [0.2, 0.25) is 0 Å². The van der Waals surface area contributed by atoms with Crippen molar-refractivity contribution in [2.45, 2.75) is 25.7 Å². The molecule has 0 bridgehead atoms. The van der Waals surface area contributed by atoms with Crippen LogP contribution in [0.4, 0.5) is 0 Å². The molecule has 106 valence electrons. The Kier molecular flexibility index (Phi) is 3.99. The number of carboxylic acids is 2. The van der Waals surface area contributed by atoms with Gasteiger partial charge in [-0.25, -0.2) is 4.79 Å². The maximum absolute atomic E-state index is 11.9. The smallest absolute Gasteiger partial charge is 0.326 e. The Balaban J connectivity index is 2.10. The van der Waals surface area contributed by atoms with Crippen LogP contribution < -0.4 is 5.32 Å². The number of ether oxygens (including phenoxy) is 1. The van der Waals surface area contributed by atoms with Crippen LogP contribution in [0, 0.1) is 0 Å². The minimum absolute atomic E-state index is 0.283. The van der Waals surface area contributed by atoms with E-state index >= 15 is 0 Å². The molecule has 20 heavy (non-hydrogen) atoms. The molecule has 0 aromatic heterocycles. The fourth-order valence-electron chi connectivity index (χ4n) is 1.93. The molecule has 7 heteroatoms. The summed E-state index contributed by atoms with van der Waals surface area (Å²) < 4.78 is 5.22. The first kappa shape index (κ1) is 14.0. The summed E-state index contributed by atoms with van der Waals surface area (Å²) in [5.41, 5.74) is 2.15. The summed E-state index contributed by atoms with van der Waals surface area (Å²) in [7, 11) is 0. The van der Waals surface area contributed by atoms with Gasteiger partial charge in [0.15, 0.2) is 0 Å². The molecule has 1 atom stereocenters. The van der Waals surface area contributed by atoms with Gasteiger partial charge in [0.05, 0.1) is 19.6 Å². The number of aliphatic carboxylic acids is 2. The molecule has 0 spiro atoms. The third-order valence-corrected chi connectivity index (χ3v) is 2.97. The SMILES string of the molecule is O=C(O)C[C@H](NC(=O)c1ccc2c(c1)COC2)C(=O)O. The van der Waals surface area contributed by atoms with Crippen molar-refractivity contribution >= 4 is 17.8 Å². The van der Waals surface area contributed by atoms with Crippen LogP contribution in [-0.4, -0.2) is 34.1 Å². The number of nitrogens with one attached hydrogen (secondary N) is 1. The Morgan fingerprint density at radius 1 is 1.20 bits per heavy atom. The van der Waals surface area contributed by atoms with Crippen LogP contribution in [0.1, 0.15) is 27.9 Å². The summed E-state index contributed by atoms with van der Waals surface area (Å²) in [6.45, 7) is 0.905. The highest BCUT2D eigenvalue weighted by Crippen LogP contribution is 2.20. The molecule has 2 rings (SSSR count). The molecule has 3 N–H and O–H groups in total. The molecular weight excluding hydrogens is 266 g/mol. The van der Waals surface area contributed by atoms with Crippen molar-refractivity contribution in [1.82, 2.24) is 5.32 Å². The number of amides is 1. The monoisotopic (exact) mass is 279 g/mol. The number of hydrogen-bond donors (Lipinski definition) is 3. The minimum Gasteiger partial charge on any atom is -0.481 e. The first-order valence-electron chi connectivity index (χ1n) is 5.92. The molecule has 1 aromatic rings. The topological polar surface area (TPSA) is 113 Å². The summed E-state index contributed by atoms with van der Waals surface area (Å²) in [6, 6.07) is 3.47. The van der Waals surface area contributed by atoms with Crippen LogP contribution in [0.2, 0.25) is 0 Å². The number of hydrogen-bond acceptors (Lipinski definition) is 4. The van der Waals surface area contributed by atoms with Crippen molar-refractivity contribution in [3.05, 3.63) is 34.9 Å². The normalized spacial score (nSPS) is 14.4. The molecule has 0 saturated heterocycles. The van der Waals surface area contributed by atoms with E-state index in [1.54, 1.807) is 18.2 Å². The van der Waals surface area contributed by atoms with E-state index in [9.17, 15) is 14.4 Å². The number of carboxylic acid groups (broad SMARTS) is 2. The van der Waals surface area contributed by atoms with Crippen LogP contribution in [0.3, 0.4) is 0 Å². The predicted molar refractivity (Wildman–Crippen MR) is 66.1 cm³/mol. The highest BCUT2D eigenvalue weighted by Gasteiger charge is 2.24. The van der Waals surface area contributed by atoms with Gasteiger partial charge in [-0.05, 0) is 23.3 Å². The van der Waals surface area contributed by atoms with Crippen molar-refractivity contribution in [3.8, 4) is 0 Å². The molecule has 1 aliphatic heterocycles. The van der Waals surface area contributed by atoms with Crippen LogP contribution >= 0.6 is 0 Å². The Morgan fingerprint density at radius 2 is 1.90 bits per heavy atom. The fourth-order valence-corrected chi connectivity index (χ4v) is 1.93. The van der Waals surface area contributed by atoms with Crippen molar-refractivity contribution in [2.75, 3.05) is 0 Å². The van der Waals surface area contributed by atoms with E-state index in [0.29, 0.717) is 13.2 Å². The van der Waals surface area contributed by atoms with E-state index in [1.165, 1.54) is 0 Å². The van der Waals surface area contributed by atoms with Gasteiger partial charge in [0, 0.05) is 5.56 Å². The van der Waals surface area contributed by atoms with Crippen molar-refractivity contribution in [1.29, 1.82) is 0 Å². The van der Waals surface area contributed by atoms with E-state index < -0.39 is 30.3 Å². The Bertz CT molecular complexity index is 568. The number of carbonyl (C=O) groups excluding carboxylic acids is 1. The Morgan fingerprint density at radius 3 is 2.55 bits per heavy atom. The molecule has 0 unspecified atom stereocenters. The summed E-state index contributed by atoms with van der Waals surface area (Å²) in [5.74, 6) is -3.29. The quantitative estimate of drug-likeness (QED) is 0.718. The predicted octanol–water partition coefficient (Wildman–Crippen LogP) is 0.374. The van der Waals surface area contributed by atoms with E-state index in [0.717, 1.165) is 11.1 Å². The third-order valence-electron chi connectivity index (χ3n) is 2.97. The van der Waals surface area contributed by atoms with E-state index in [1.807, 2.05) is 0 Å². The maximum atomic E-state index is 11.9. The second kappa shape index (κ2) is 5.70. The number of fused-ring (bicyclic) bond motifs is 1. The van der Waals surface area contributed by atoms with Gasteiger partial charge in [0.1, 0.15) is 6.04 Å². The van der Waals surface area contributed by atoms with Crippen molar-refractivity contribution in [2.24, 2.45) is 0 Å². The number of benzene rings is 1. The molecule has 7 nitrogen and oxygen atoms in total. The number of rotatable bonds is 5. The lowest BCUT2D eigenvalue weighted by Crippen LogP contribution is -2.42. The largest absolute Gasteiger partial charge is 0.481 e. The second-order valence-corrected chi connectivity index (χ2v) is 4.44. The molecule has 0 aliphatic carbocycles. The van der Waals surface area contributed by atoms with Crippen LogP contribution in [0.25, 0.3) is 0 Å². The zero-order chi connectivity index (χ0) is 14.7. The van der Waals surface area contributed by atoms with Gasteiger partial charge >= 0.3 is 11.9 Å². The highest BCUT2D eigenvalue weighted by atomic mass is 16.5. The van der Waals surface area contributed by atoms with Crippen molar-refractivity contribution in [3.63, 3.8) is 0 Å². The van der Waals surface area contributed by atoms with Crippen molar-refractivity contribution < 1.29 is 29.3 Å². The van der Waals surface area contributed by atoms with Crippen LogP contribution in [0.15, 0.2) is 18.2 Å². The molecule has 1 aromatic carbocycles. The minimum atomic E-state index is -1.45. The summed E-state index contributed by atoms with van der Waals surface area (Å²) in [6.07, 6.45) is -0.672. The zero-order valence-corrected chi connectivity index (χ0v) is 10.5. The first-order valence-corrected chi connectivity index (χ1v) is 5.92. The number of carbonyl (C=O) groups is 3. The molecule has 1 heterocycles. The van der Waals surface area contributed by atoms with E-state index in [-0.39, 0.29) is 5.56 Å². The third kappa shape index (κ3) is 3.12. The lowest BCUT2D eigenvalue weighted by molar-refractivity contribution is -0.145. The summed E-state index contributed by atoms with van der Waals surface area (Å²) in [5, 5.41) is 19.7. The molecular formula is C13H13NO6. The van der Waals surface area contributed by atoms with Gasteiger partial charge in [-0.2, -0.15) is 0 Å². The highest BCUT2D eigenvalue weighted by molar-refractivity contribution is 5.97. The van der Waals surface area contributed by atoms with E-state index in [2.05, 4.69) is 5.32 Å². The van der Waals surface area contributed by atoms with Gasteiger partial charge in [-0.3, -0.25) is 9.59 Å². The van der Waals surface area contributed by atoms with Gasteiger partial charge in [-0.15, -0.1) is 0 Å². The fraction of sp³-hybridized carbons (Fsp3) is 0.308. The summed E-state index contributed by atoms with van der Waals surface area (Å²) in [4.78, 5) is 33.4. The molecule has 1 amide bonds. The standard InChI is InChI=1S/C13H13NO6/c15-11(16)4-10(13(18)19)14-12(17)7-1-2-8-5-20-6-9(8)3-7/h1-3,10H,4-6H2,(H,14,17)(H,15,16)(H,18,19)/t10-/m0/s1. The molecule has 0 radical (unpaired) electrons. The Hall–Kier alpha value is -2.41. The molecule has 0 fully saturated rings. The lowest BCUT2D eigenvalue weighted by Gasteiger charge is -2.12. The molecule has 0 saturated carbocycles. The van der Waals surface area contributed by atoms with Gasteiger partial charge in [0.25, 0.3) is 5.91 Å². The average molecular weight is 279 g/mol. The van der Waals surface area contributed by atoms with Crippen LogP contribution in [-0.2, 0) is 27.5 Å². The zero-order valence-electron chi connectivity index (χ0n) is 10.5. The van der Waals surface area contributed by atoms with Gasteiger partial charge < -0.3 is 20.3 Å².